The summed E-state index contributed by atoms with van der Waals surface area (Å²) in [5.41, 5.74) is 1.60. The molecule has 100 valence electrons. The molecule has 3 nitrogen and oxygen atoms in total. The largest absolute Gasteiger partial charge is 0.301 e. The summed E-state index contributed by atoms with van der Waals surface area (Å²) in [6.45, 7) is 3.61. The summed E-state index contributed by atoms with van der Waals surface area (Å²) in [4.78, 5) is 11.2. The van der Waals surface area contributed by atoms with Crippen LogP contribution in [0.4, 0.5) is 4.39 Å². The minimum Gasteiger partial charge on any atom is -0.301 e. The van der Waals surface area contributed by atoms with Crippen LogP contribution in [-0.4, -0.2) is 16.1 Å². The second-order valence-electron chi connectivity index (χ2n) is 5.56. The van der Waals surface area contributed by atoms with Crippen molar-refractivity contribution in [2.75, 3.05) is 0 Å². The SMILES string of the molecule is CC(C)(C=O)n1cc(C2CC2)c(-c2cscc2F)n1. The Morgan fingerprint density at radius 1 is 1.47 bits per heavy atom. The molecule has 3 rings (SSSR count). The Kier molecular flexibility index (Phi) is 2.82. The van der Waals surface area contributed by atoms with Crippen molar-refractivity contribution < 1.29 is 9.18 Å². The summed E-state index contributed by atoms with van der Waals surface area (Å²) in [7, 11) is 0. The number of thiophene rings is 1. The number of hydrogen-bond donors (Lipinski definition) is 0. The first-order chi connectivity index (χ1) is 9.03. The molecule has 2 heterocycles. The minimum absolute atomic E-state index is 0.235. The van der Waals surface area contributed by atoms with Crippen LogP contribution in [0.25, 0.3) is 11.3 Å². The maximum absolute atomic E-state index is 13.8. The van der Waals surface area contributed by atoms with Crippen molar-refractivity contribution in [1.82, 2.24) is 9.78 Å². The summed E-state index contributed by atoms with van der Waals surface area (Å²) in [6.07, 6.45) is 5.00. The van der Waals surface area contributed by atoms with E-state index in [4.69, 9.17) is 0 Å². The van der Waals surface area contributed by atoms with Crippen molar-refractivity contribution in [3.8, 4) is 11.3 Å². The van der Waals surface area contributed by atoms with E-state index in [9.17, 15) is 9.18 Å². The van der Waals surface area contributed by atoms with Gasteiger partial charge in [0, 0.05) is 28.1 Å². The van der Waals surface area contributed by atoms with Crippen LogP contribution in [0.15, 0.2) is 17.0 Å². The molecular weight excluding hydrogens is 263 g/mol. The monoisotopic (exact) mass is 278 g/mol. The van der Waals surface area contributed by atoms with Gasteiger partial charge in [-0.15, -0.1) is 11.3 Å². The first-order valence-electron chi connectivity index (χ1n) is 6.31. The van der Waals surface area contributed by atoms with Crippen molar-refractivity contribution in [2.24, 2.45) is 0 Å². The highest BCUT2D eigenvalue weighted by Gasteiger charge is 2.32. The standard InChI is InChI=1S/C14H15FN2OS/c1-14(2,8-18)17-5-10(9-3-4-9)13(16-17)11-6-19-7-12(11)15/h5-9H,3-4H2,1-2H3. The lowest BCUT2D eigenvalue weighted by atomic mass is 10.1. The zero-order valence-electron chi connectivity index (χ0n) is 10.9. The predicted molar refractivity (Wildman–Crippen MR) is 72.9 cm³/mol. The van der Waals surface area contributed by atoms with Gasteiger partial charge in [-0.25, -0.2) is 4.39 Å². The zero-order valence-corrected chi connectivity index (χ0v) is 11.7. The van der Waals surface area contributed by atoms with Crippen molar-refractivity contribution >= 4 is 17.6 Å². The molecule has 1 fully saturated rings. The first kappa shape index (κ1) is 12.5. The van der Waals surface area contributed by atoms with E-state index in [-0.39, 0.29) is 5.82 Å². The molecule has 0 unspecified atom stereocenters. The third kappa shape index (κ3) is 2.12. The van der Waals surface area contributed by atoms with Gasteiger partial charge in [-0.2, -0.15) is 5.10 Å². The van der Waals surface area contributed by atoms with Gasteiger partial charge >= 0.3 is 0 Å². The van der Waals surface area contributed by atoms with E-state index in [0.29, 0.717) is 17.2 Å². The van der Waals surface area contributed by atoms with Gasteiger partial charge in [0.2, 0.25) is 0 Å². The minimum atomic E-state index is -0.700. The average molecular weight is 278 g/mol. The number of rotatable bonds is 4. The highest BCUT2D eigenvalue weighted by molar-refractivity contribution is 7.08. The number of hydrogen-bond acceptors (Lipinski definition) is 3. The maximum Gasteiger partial charge on any atom is 0.147 e. The van der Waals surface area contributed by atoms with E-state index in [1.54, 1.807) is 23.9 Å². The second-order valence-corrected chi connectivity index (χ2v) is 6.30. The fraction of sp³-hybridized carbons (Fsp3) is 0.429. The number of nitrogens with zero attached hydrogens (tertiary/aromatic N) is 2. The Morgan fingerprint density at radius 2 is 2.21 bits per heavy atom. The quantitative estimate of drug-likeness (QED) is 0.801. The van der Waals surface area contributed by atoms with Crippen LogP contribution in [0.2, 0.25) is 0 Å². The van der Waals surface area contributed by atoms with Gasteiger partial charge in [0.05, 0.1) is 5.69 Å². The Bertz CT molecular complexity index is 625. The molecule has 1 saturated carbocycles. The van der Waals surface area contributed by atoms with Crippen LogP contribution in [-0.2, 0) is 10.3 Å². The molecule has 0 saturated heterocycles. The molecule has 0 amide bonds. The third-order valence-corrected chi connectivity index (χ3v) is 4.22. The van der Waals surface area contributed by atoms with E-state index < -0.39 is 5.54 Å². The topological polar surface area (TPSA) is 34.9 Å². The van der Waals surface area contributed by atoms with Gasteiger partial charge in [0.1, 0.15) is 17.6 Å². The molecular formula is C14H15FN2OS. The predicted octanol–water partition coefficient (Wildman–Crippen LogP) is 3.56. The Hall–Kier alpha value is -1.49. The second kappa shape index (κ2) is 4.27. The van der Waals surface area contributed by atoms with Crippen LogP contribution >= 0.6 is 11.3 Å². The van der Waals surface area contributed by atoms with Crippen molar-refractivity contribution in [2.45, 2.75) is 38.1 Å². The number of aromatic nitrogens is 2. The van der Waals surface area contributed by atoms with Gasteiger partial charge in [-0.1, -0.05) is 0 Å². The molecule has 0 atom stereocenters. The summed E-state index contributed by atoms with van der Waals surface area (Å²) >= 11 is 1.33. The van der Waals surface area contributed by atoms with E-state index in [2.05, 4.69) is 5.10 Å². The number of halogens is 1. The summed E-state index contributed by atoms with van der Waals surface area (Å²) in [5, 5.41) is 7.73. The summed E-state index contributed by atoms with van der Waals surface area (Å²) < 4.78 is 15.4. The third-order valence-electron chi connectivity index (χ3n) is 3.51. The van der Waals surface area contributed by atoms with E-state index in [1.807, 2.05) is 6.20 Å². The summed E-state index contributed by atoms with van der Waals surface area (Å²) in [5.74, 6) is 0.228. The lowest BCUT2D eigenvalue weighted by Gasteiger charge is -2.17. The average Bonchev–Trinajstić information content (AvgIpc) is 2.98. The molecule has 0 radical (unpaired) electrons. The normalized spacial score (nSPS) is 15.7. The molecule has 5 heteroatoms. The van der Waals surface area contributed by atoms with Crippen molar-refractivity contribution in [1.29, 1.82) is 0 Å². The number of aldehydes is 1. The Morgan fingerprint density at radius 3 is 2.74 bits per heavy atom. The number of carbonyl (C=O) groups is 1. The fourth-order valence-electron chi connectivity index (χ4n) is 2.09. The highest BCUT2D eigenvalue weighted by atomic mass is 32.1. The van der Waals surface area contributed by atoms with Gasteiger partial charge in [0.15, 0.2) is 0 Å². The molecule has 19 heavy (non-hydrogen) atoms. The molecule has 1 aliphatic carbocycles. The van der Waals surface area contributed by atoms with Crippen molar-refractivity contribution in [3.63, 3.8) is 0 Å². The van der Waals surface area contributed by atoms with E-state index >= 15 is 0 Å². The maximum atomic E-state index is 13.8. The highest BCUT2D eigenvalue weighted by Crippen LogP contribution is 2.45. The zero-order chi connectivity index (χ0) is 13.6. The molecule has 0 N–H and O–H groups in total. The van der Waals surface area contributed by atoms with Crippen LogP contribution < -0.4 is 0 Å². The van der Waals surface area contributed by atoms with Gasteiger partial charge < -0.3 is 4.79 Å². The van der Waals surface area contributed by atoms with Crippen LogP contribution in [0.3, 0.4) is 0 Å². The van der Waals surface area contributed by atoms with Crippen molar-refractivity contribution in [3.05, 3.63) is 28.3 Å². The summed E-state index contributed by atoms with van der Waals surface area (Å²) in [6, 6.07) is 0. The molecule has 2 aromatic rings. The van der Waals surface area contributed by atoms with E-state index in [1.165, 1.54) is 16.7 Å². The molecule has 2 aromatic heterocycles. The number of carbonyl (C=O) groups excluding carboxylic acids is 1. The first-order valence-corrected chi connectivity index (χ1v) is 7.25. The Balaban J connectivity index is 2.13. The molecule has 0 aromatic carbocycles. The molecule has 1 aliphatic rings. The molecule has 0 aliphatic heterocycles. The molecule has 0 spiro atoms. The van der Waals surface area contributed by atoms with Gasteiger partial charge in [-0.3, -0.25) is 4.68 Å². The smallest absolute Gasteiger partial charge is 0.147 e. The lowest BCUT2D eigenvalue weighted by Crippen LogP contribution is -2.28. The van der Waals surface area contributed by atoms with Crippen LogP contribution in [0.1, 0.15) is 38.2 Å². The van der Waals surface area contributed by atoms with E-state index in [0.717, 1.165) is 24.7 Å². The van der Waals surface area contributed by atoms with Crippen LogP contribution in [0.5, 0.6) is 0 Å². The molecule has 0 bridgehead atoms. The van der Waals surface area contributed by atoms with Gasteiger partial charge in [-0.05, 0) is 32.6 Å². The lowest BCUT2D eigenvalue weighted by molar-refractivity contribution is -0.114. The Labute approximate surface area is 115 Å². The fourth-order valence-corrected chi connectivity index (χ4v) is 2.76. The van der Waals surface area contributed by atoms with Gasteiger partial charge in [0.25, 0.3) is 0 Å². The van der Waals surface area contributed by atoms with Crippen LogP contribution in [0, 0.1) is 5.82 Å².